The maximum atomic E-state index is 10.4. The summed E-state index contributed by atoms with van der Waals surface area (Å²) in [6, 6.07) is 0. The van der Waals surface area contributed by atoms with Crippen LogP contribution in [0.5, 0.6) is 0 Å². The molecule has 1 saturated heterocycles. The molecule has 1 heterocycles. The van der Waals surface area contributed by atoms with Crippen molar-refractivity contribution >= 4 is 17.4 Å². The normalized spacial score (nSPS) is 19.2. The van der Waals surface area contributed by atoms with Crippen LogP contribution in [0.1, 0.15) is 34.1 Å². The number of ether oxygens (including phenoxy) is 1. The Balaban J connectivity index is 0.000000241. The molecule has 0 aliphatic carbocycles. The van der Waals surface area contributed by atoms with E-state index in [-0.39, 0.29) is 17.6 Å². The van der Waals surface area contributed by atoms with Gasteiger partial charge >= 0.3 is 0 Å². The minimum Gasteiger partial charge on any atom is -0.373 e. The Morgan fingerprint density at radius 3 is 2.00 bits per heavy atom. The van der Waals surface area contributed by atoms with Crippen LogP contribution in [0.25, 0.3) is 0 Å². The highest BCUT2D eigenvalue weighted by molar-refractivity contribution is 6.27. The Morgan fingerprint density at radius 1 is 1.43 bits per heavy atom. The van der Waals surface area contributed by atoms with Crippen molar-refractivity contribution in [2.45, 2.75) is 40.2 Å². The molecule has 0 aromatic heterocycles. The van der Waals surface area contributed by atoms with Gasteiger partial charge < -0.3 is 4.74 Å². The van der Waals surface area contributed by atoms with Gasteiger partial charge in [0.05, 0.1) is 18.6 Å². The third-order valence-electron chi connectivity index (χ3n) is 1.91. The lowest BCUT2D eigenvalue weighted by Crippen LogP contribution is -2.07. The van der Waals surface area contributed by atoms with Gasteiger partial charge in [0.1, 0.15) is 5.78 Å². The molecular formula is C11H21ClO2. The molecule has 0 aromatic carbocycles. The Kier molecular flexibility index (Phi) is 7.20. The minimum atomic E-state index is 0.0949. The number of carbonyl (C=O) groups is 1. The largest absolute Gasteiger partial charge is 0.373 e. The lowest BCUT2D eigenvalue weighted by atomic mass is 10.1. The van der Waals surface area contributed by atoms with Crippen molar-refractivity contribution in [3.05, 3.63) is 0 Å². The first kappa shape index (κ1) is 13.9. The molecule has 14 heavy (non-hydrogen) atoms. The van der Waals surface area contributed by atoms with Crippen LogP contribution in [0, 0.1) is 11.8 Å². The zero-order valence-electron chi connectivity index (χ0n) is 9.55. The molecule has 0 N–H and O–H groups in total. The average Bonchev–Trinajstić information content (AvgIpc) is 2.86. The molecule has 1 aliphatic rings. The van der Waals surface area contributed by atoms with Gasteiger partial charge in [0.25, 0.3) is 0 Å². The second-order valence-electron chi connectivity index (χ2n) is 4.34. The summed E-state index contributed by atoms with van der Waals surface area (Å²) in [5.74, 6) is 1.17. The van der Waals surface area contributed by atoms with Gasteiger partial charge in [-0.1, -0.05) is 27.7 Å². The van der Waals surface area contributed by atoms with Crippen LogP contribution in [0.2, 0.25) is 0 Å². The van der Waals surface area contributed by atoms with Crippen molar-refractivity contribution in [1.82, 2.24) is 0 Å². The third-order valence-corrected chi connectivity index (χ3v) is 2.18. The van der Waals surface area contributed by atoms with Crippen molar-refractivity contribution in [3.8, 4) is 0 Å². The molecule has 0 spiro atoms. The maximum absolute atomic E-state index is 10.4. The zero-order chi connectivity index (χ0) is 11.1. The maximum Gasteiger partial charge on any atom is 0.150 e. The molecular weight excluding hydrogens is 200 g/mol. The molecule has 0 aromatic rings. The van der Waals surface area contributed by atoms with Gasteiger partial charge in [-0.25, -0.2) is 0 Å². The minimum absolute atomic E-state index is 0.0949. The number of Topliss-reactive ketones (excluding diaryl/α,β-unsaturated/α-hetero) is 1. The van der Waals surface area contributed by atoms with Gasteiger partial charge in [0.2, 0.25) is 0 Å². The molecule has 1 rings (SSSR count). The second-order valence-corrected chi connectivity index (χ2v) is 4.61. The van der Waals surface area contributed by atoms with E-state index in [1.807, 2.05) is 13.8 Å². The van der Waals surface area contributed by atoms with E-state index in [1.165, 1.54) is 6.42 Å². The fourth-order valence-corrected chi connectivity index (χ4v) is 1.19. The first-order valence-corrected chi connectivity index (χ1v) is 5.71. The fraction of sp³-hybridized carbons (Fsp3) is 0.909. The highest BCUT2D eigenvalue weighted by atomic mass is 35.5. The van der Waals surface area contributed by atoms with E-state index >= 15 is 0 Å². The van der Waals surface area contributed by atoms with Crippen LogP contribution in [-0.4, -0.2) is 24.4 Å². The lowest BCUT2D eigenvalue weighted by molar-refractivity contribution is -0.119. The average molecular weight is 221 g/mol. The van der Waals surface area contributed by atoms with Crippen LogP contribution in [0.4, 0.5) is 0 Å². The van der Waals surface area contributed by atoms with Crippen LogP contribution in [-0.2, 0) is 9.53 Å². The van der Waals surface area contributed by atoms with Gasteiger partial charge in [0.15, 0.2) is 0 Å². The van der Waals surface area contributed by atoms with Crippen molar-refractivity contribution in [3.63, 3.8) is 0 Å². The number of hydrogen-bond donors (Lipinski definition) is 0. The highest BCUT2D eigenvalue weighted by Gasteiger charge is 2.22. The Labute approximate surface area is 92.0 Å². The summed E-state index contributed by atoms with van der Waals surface area (Å²) in [5, 5.41) is 0. The molecule has 84 valence electrons. The van der Waals surface area contributed by atoms with Crippen molar-refractivity contribution in [2.24, 2.45) is 11.8 Å². The van der Waals surface area contributed by atoms with Gasteiger partial charge in [0, 0.05) is 5.92 Å². The molecule has 0 radical (unpaired) electrons. The first-order chi connectivity index (χ1) is 6.47. The van der Waals surface area contributed by atoms with E-state index in [9.17, 15) is 4.79 Å². The summed E-state index contributed by atoms with van der Waals surface area (Å²) in [7, 11) is 0. The Morgan fingerprint density at radius 2 is 1.93 bits per heavy atom. The number of ketones is 1. The standard InChI is InChI=1S/C6H12O.C5H9ClO/c1-5(2)3-6-4-7-6;1-4(2)5(7)3-6/h5-6H,3-4H2,1-2H3;4H,3H2,1-2H3. The number of carbonyl (C=O) groups excluding carboxylic acids is 1. The molecule has 0 bridgehead atoms. The van der Waals surface area contributed by atoms with Crippen LogP contribution in [0.15, 0.2) is 0 Å². The van der Waals surface area contributed by atoms with Gasteiger partial charge in [-0.15, -0.1) is 11.6 Å². The molecule has 1 unspecified atom stereocenters. The lowest BCUT2D eigenvalue weighted by Gasteiger charge is -1.95. The van der Waals surface area contributed by atoms with Crippen molar-refractivity contribution in [1.29, 1.82) is 0 Å². The molecule has 0 amide bonds. The number of hydrogen-bond acceptors (Lipinski definition) is 2. The van der Waals surface area contributed by atoms with Crippen LogP contribution < -0.4 is 0 Å². The number of epoxide rings is 1. The van der Waals surface area contributed by atoms with Crippen LogP contribution in [0.3, 0.4) is 0 Å². The monoisotopic (exact) mass is 220 g/mol. The number of halogens is 1. The van der Waals surface area contributed by atoms with Crippen LogP contribution >= 0.6 is 11.6 Å². The van der Waals surface area contributed by atoms with E-state index in [0.29, 0.717) is 6.10 Å². The fourth-order valence-electron chi connectivity index (χ4n) is 0.884. The van der Waals surface area contributed by atoms with Crippen molar-refractivity contribution < 1.29 is 9.53 Å². The van der Waals surface area contributed by atoms with Gasteiger partial charge in [-0.2, -0.15) is 0 Å². The van der Waals surface area contributed by atoms with E-state index in [1.54, 1.807) is 0 Å². The molecule has 2 nitrogen and oxygen atoms in total. The summed E-state index contributed by atoms with van der Waals surface area (Å²) in [6.07, 6.45) is 1.87. The van der Waals surface area contributed by atoms with Crippen molar-refractivity contribution in [2.75, 3.05) is 12.5 Å². The summed E-state index contributed by atoms with van der Waals surface area (Å²) in [6.45, 7) is 9.14. The predicted molar refractivity (Wildman–Crippen MR) is 59.8 cm³/mol. The summed E-state index contributed by atoms with van der Waals surface area (Å²) in [5.41, 5.74) is 0. The van der Waals surface area contributed by atoms with E-state index in [4.69, 9.17) is 16.3 Å². The molecule has 1 fully saturated rings. The highest BCUT2D eigenvalue weighted by Crippen LogP contribution is 2.17. The number of rotatable bonds is 4. The molecule has 0 saturated carbocycles. The van der Waals surface area contributed by atoms with E-state index in [0.717, 1.165) is 12.5 Å². The molecule has 1 aliphatic heterocycles. The summed E-state index contributed by atoms with van der Waals surface area (Å²) >= 11 is 5.20. The molecule has 3 heteroatoms. The smallest absolute Gasteiger partial charge is 0.150 e. The quantitative estimate of drug-likeness (QED) is 0.539. The SMILES string of the molecule is CC(C)C(=O)CCl.CC(C)CC1CO1. The second kappa shape index (κ2) is 7.24. The Hall–Kier alpha value is -0.0800. The molecule has 1 atom stereocenters. The third kappa shape index (κ3) is 8.52. The van der Waals surface area contributed by atoms with Gasteiger partial charge in [-0.05, 0) is 12.3 Å². The van der Waals surface area contributed by atoms with E-state index < -0.39 is 0 Å². The predicted octanol–water partition coefficient (Wildman–Crippen LogP) is 2.88. The zero-order valence-corrected chi connectivity index (χ0v) is 10.3. The first-order valence-electron chi connectivity index (χ1n) is 5.17. The van der Waals surface area contributed by atoms with Gasteiger partial charge in [-0.3, -0.25) is 4.79 Å². The van der Waals surface area contributed by atoms with E-state index in [2.05, 4.69) is 13.8 Å². The Bertz CT molecular complexity index is 163. The summed E-state index contributed by atoms with van der Waals surface area (Å²) in [4.78, 5) is 10.4. The number of alkyl halides is 1. The summed E-state index contributed by atoms with van der Waals surface area (Å²) < 4.78 is 5.02. The topological polar surface area (TPSA) is 29.6 Å².